The summed E-state index contributed by atoms with van der Waals surface area (Å²) in [6.07, 6.45) is 0. The molecule has 1 amide bonds. The highest BCUT2D eigenvalue weighted by Gasteiger charge is 2.24. The van der Waals surface area contributed by atoms with E-state index in [1.807, 2.05) is 30.0 Å². The number of nitrogens with zero attached hydrogens (tertiary/aromatic N) is 2. The van der Waals surface area contributed by atoms with Gasteiger partial charge in [0.15, 0.2) is 0 Å². The van der Waals surface area contributed by atoms with Crippen LogP contribution in [-0.2, 0) is 6.54 Å². The van der Waals surface area contributed by atoms with Crippen LogP contribution in [0.4, 0.5) is 0 Å². The van der Waals surface area contributed by atoms with E-state index in [1.54, 1.807) is 30.3 Å². The first-order valence-electron chi connectivity index (χ1n) is 10.0. The maximum Gasteiger partial charge on any atom is 0.336 e. The van der Waals surface area contributed by atoms with E-state index in [2.05, 4.69) is 4.90 Å². The number of carbonyl (C=O) groups excluding carboxylic acids is 1. The second-order valence-corrected chi connectivity index (χ2v) is 7.64. The van der Waals surface area contributed by atoms with Crippen molar-refractivity contribution in [1.82, 2.24) is 9.80 Å². The van der Waals surface area contributed by atoms with E-state index in [0.717, 1.165) is 16.7 Å². The smallest absolute Gasteiger partial charge is 0.336 e. The van der Waals surface area contributed by atoms with Gasteiger partial charge in [-0.1, -0.05) is 23.7 Å². The Kier molecular flexibility index (Phi) is 6.06. The van der Waals surface area contributed by atoms with Gasteiger partial charge in [0.05, 0.1) is 17.2 Å². The van der Waals surface area contributed by atoms with Crippen molar-refractivity contribution in [2.45, 2.75) is 13.5 Å². The van der Waals surface area contributed by atoms with E-state index >= 15 is 0 Å². The van der Waals surface area contributed by atoms with E-state index in [-0.39, 0.29) is 11.5 Å². The summed E-state index contributed by atoms with van der Waals surface area (Å²) in [5.41, 5.74) is 1.61. The van der Waals surface area contributed by atoms with E-state index in [0.29, 0.717) is 55.5 Å². The number of piperazine rings is 1. The van der Waals surface area contributed by atoms with Crippen LogP contribution in [0, 0.1) is 0 Å². The minimum atomic E-state index is -0.366. The zero-order valence-corrected chi connectivity index (χ0v) is 17.5. The van der Waals surface area contributed by atoms with Gasteiger partial charge in [0.25, 0.3) is 5.91 Å². The minimum absolute atomic E-state index is 0.0487. The van der Waals surface area contributed by atoms with Crippen LogP contribution in [0.5, 0.6) is 5.75 Å². The van der Waals surface area contributed by atoms with Crippen molar-refractivity contribution in [1.29, 1.82) is 0 Å². The van der Waals surface area contributed by atoms with Crippen molar-refractivity contribution in [2.75, 3.05) is 32.8 Å². The number of amides is 1. The maximum atomic E-state index is 12.8. The predicted octanol–water partition coefficient (Wildman–Crippen LogP) is 3.80. The fraction of sp³-hybridized carbons (Fsp3) is 0.304. The largest absolute Gasteiger partial charge is 0.494 e. The average molecular weight is 427 g/mol. The van der Waals surface area contributed by atoms with Gasteiger partial charge in [0.1, 0.15) is 11.3 Å². The van der Waals surface area contributed by atoms with Crippen LogP contribution in [0.3, 0.4) is 0 Å². The molecule has 1 aromatic heterocycles. The number of fused-ring (bicyclic) bond motifs is 1. The Balaban J connectivity index is 1.48. The number of carbonyl (C=O) groups is 1. The molecule has 0 atom stereocenters. The first-order chi connectivity index (χ1) is 14.5. The van der Waals surface area contributed by atoms with Crippen LogP contribution < -0.4 is 10.4 Å². The lowest BCUT2D eigenvalue weighted by molar-refractivity contribution is 0.0629. The first kappa shape index (κ1) is 20.4. The fourth-order valence-electron chi connectivity index (χ4n) is 3.75. The molecule has 1 saturated heterocycles. The summed E-state index contributed by atoms with van der Waals surface area (Å²) >= 11 is 6.17. The summed E-state index contributed by atoms with van der Waals surface area (Å²) in [6.45, 7) is 5.73. The molecule has 0 spiro atoms. The van der Waals surface area contributed by atoms with Gasteiger partial charge in [-0.3, -0.25) is 9.69 Å². The maximum absolute atomic E-state index is 12.8. The van der Waals surface area contributed by atoms with Gasteiger partial charge in [0.2, 0.25) is 0 Å². The lowest BCUT2D eigenvalue weighted by atomic mass is 10.1. The van der Waals surface area contributed by atoms with Crippen LogP contribution in [0.25, 0.3) is 11.0 Å². The van der Waals surface area contributed by atoms with Crippen molar-refractivity contribution >= 4 is 28.5 Å². The SMILES string of the molecule is CCOc1ccc2oc(=O)cc(CN3CCN(C(=O)c4ccccc4Cl)CC3)c2c1. The Labute approximate surface area is 179 Å². The highest BCUT2D eigenvalue weighted by molar-refractivity contribution is 6.33. The molecule has 2 aromatic carbocycles. The zero-order valence-electron chi connectivity index (χ0n) is 16.8. The number of rotatable bonds is 5. The normalized spacial score (nSPS) is 14.8. The predicted molar refractivity (Wildman–Crippen MR) is 116 cm³/mol. The number of halogens is 1. The molecule has 0 aliphatic carbocycles. The number of hydrogen-bond acceptors (Lipinski definition) is 5. The Hall–Kier alpha value is -2.83. The van der Waals surface area contributed by atoms with Crippen molar-refractivity contribution in [3.63, 3.8) is 0 Å². The fourth-order valence-corrected chi connectivity index (χ4v) is 3.97. The second kappa shape index (κ2) is 8.90. The van der Waals surface area contributed by atoms with Crippen molar-refractivity contribution in [2.24, 2.45) is 0 Å². The zero-order chi connectivity index (χ0) is 21.1. The van der Waals surface area contributed by atoms with E-state index in [9.17, 15) is 9.59 Å². The highest BCUT2D eigenvalue weighted by atomic mass is 35.5. The third-order valence-corrected chi connectivity index (χ3v) is 5.60. The monoisotopic (exact) mass is 426 g/mol. The third kappa shape index (κ3) is 4.35. The quantitative estimate of drug-likeness (QED) is 0.580. The molecular formula is C23H23ClN2O4. The molecule has 1 aliphatic heterocycles. The van der Waals surface area contributed by atoms with Crippen LogP contribution in [0.15, 0.2) is 57.7 Å². The molecule has 1 aliphatic rings. The lowest BCUT2D eigenvalue weighted by Gasteiger charge is -2.35. The lowest BCUT2D eigenvalue weighted by Crippen LogP contribution is -2.48. The molecule has 30 heavy (non-hydrogen) atoms. The molecule has 0 unspecified atom stereocenters. The molecule has 4 rings (SSSR count). The molecule has 0 bridgehead atoms. The summed E-state index contributed by atoms with van der Waals surface area (Å²) in [5, 5.41) is 1.34. The molecule has 3 aromatic rings. The minimum Gasteiger partial charge on any atom is -0.494 e. The topological polar surface area (TPSA) is 63.0 Å². The van der Waals surface area contributed by atoms with E-state index in [1.165, 1.54) is 0 Å². The van der Waals surface area contributed by atoms with Gasteiger partial charge in [-0.25, -0.2) is 4.79 Å². The molecule has 6 nitrogen and oxygen atoms in total. The van der Waals surface area contributed by atoms with Gasteiger partial charge in [-0.05, 0) is 42.8 Å². The van der Waals surface area contributed by atoms with E-state index in [4.69, 9.17) is 20.8 Å². The number of ether oxygens (including phenoxy) is 1. The first-order valence-corrected chi connectivity index (χ1v) is 10.4. The van der Waals surface area contributed by atoms with Crippen LogP contribution >= 0.6 is 11.6 Å². The summed E-state index contributed by atoms with van der Waals surface area (Å²) in [7, 11) is 0. The summed E-state index contributed by atoms with van der Waals surface area (Å²) in [4.78, 5) is 28.8. The van der Waals surface area contributed by atoms with Crippen LogP contribution in [0.2, 0.25) is 5.02 Å². The average Bonchev–Trinajstić information content (AvgIpc) is 2.75. The van der Waals surface area contributed by atoms with Crippen molar-refractivity contribution in [3.05, 3.63) is 75.1 Å². The Morgan fingerprint density at radius 3 is 2.60 bits per heavy atom. The van der Waals surface area contributed by atoms with Gasteiger partial charge in [-0.15, -0.1) is 0 Å². The summed E-state index contributed by atoms with van der Waals surface area (Å²) < 4.78 is 10.9. The molecule has 1 fully saturated rings. The highest BCUT2D eigenvalue weighted by Crippen LogP contribution is 2.25. The Bertz CT molecular complexity index is 1120. The molecule has 156 valence electrons. The van der Waals surface area contributed by atoms with Crippen LogP contribution in [0.1, 0.15) is 22.8 Å². The van der Waals surface area contributed by atoms with E-state index < -0.39 is 0 Å². The Morgan fingerprint density at radius 2 is 1.87 bits per heavy atom. The Morgan fingerprint density at radius 1 is 1.10 bits per heavy atom. The van der Waals surface area contributed by atoms with Gasteiger partial charge in [-0.2, -0.15) is 0 Å². The summed E-state index contributed by atoms with van der Waals surface area (Å²) in [5.74, 6) is 0.697. The second-order valence-electron chi connectivity index (χ2n) is 7.23. The summed E-state index contributed by atoms with van der Waals surface area (Å²) in [6, 6.07) is 14.1. The van der Waals surface area contributed by atoms with Crippen molar-refractivity contribution in [3.8, 4) is 5.75 Å². The molecular weight excluding hydrogens is 404 g/mol. The number of benzene rings is 2. The number of hydrogen-bond donors (Lipinski definition) is 0. The molecule has 0 radical (unpaired) electrons. The van der Waals surface area contributed by atoms with Gasteiger partial charge in [0, 0.05) is 44.2 Å². The molecule has 0 saturated carbocycles. The van der Waals surface area contributed by atoms with Crippen LogP contribution in [-0.4, -0.2) is 48.5 Å². The molecule has 7 heteroatoms. The van der Waals surface area contributed by atoms with Gasteiger partial charge < -0.3 is 14.1 Å². The standard InChI is InChI=1S/C23H23ClN2O4/c1-2-29-17-7-8-21-19(14-17)16(13-22(27)30-21)15-25-9-11-26(12-10-25)23(28)18-5-3-4-6-20(18)24/h3-8,13-14H,2,9-12,15H2,1H3. The third-order valence-electron chi connectivity index (χ3n) is 5.27. The molecule has 0 N–H and O–H groups in total. The molecule has 2 heterocycles. The van der Waals surface area contributed by atoms with Gasteiger partial charge >= 0.3 is 5.63 Å². The van der Waals surface area contributed by atoms with Crippen molar-refractivity contribution < 1.29 is 13.9 Å².